The van der Waals surface area contributed by atoms with Crippen molar-refractivity contribution in [1.29, 1.82) is 0 Å². The van der Waals surface area contributed by atoms with Gasteiger partial charge in [0.2, 0.25) is 0 Å². The smallest absolute Gasteiger partial charge is 0.315 e. The predicted octanol–water partition coefficient (Wildman–Crippen LogP) is 1.19. The monoisotopic (exact) mass is 306 g/mol. The van der Waals surface area contributed by atoms with Crippen LogP contribution < -0.4 is 10.6 Å². The van der Waals surface area contributed by atoms with Gasteiger partial charge in [-0.25, -0.2) is 4.79 Å². The maximum Gasteiger partial charge on any atom is 0.315 e. The number of rotatable bonds is 5. The van der Waals surface area contributed by atoms with Crippen LogP contribution in [0.3, 0.4) is 0 Å². The fraction of sp³-hybridized carbons (Fsp3) is 0.750. The van der Waals surface area contributed by atoms with Crippen molar-refractivity contribution in [2.75, 3.05) is 6.61 Å². The minimum Gasteiger partial charge on any atom is -0.396 e. The van der Waals surface area contributed by atoms with Crippen molar-refractivity contribution in [2.24, 2.45) is 24.8 Å². The Kier molecular flexibility index (Phi) is 4.38. The van der Waals surface area contributed by atoms with E-state index in [0.29, 0.717) is 18.4 Å². The number of carbonyl (C=O) groups excluding carboxylic acids is 1. The van der Waals surface area contributed by atoms with E-state index in [0.717, 1.165) is 24.1 Å². The number of hydrogen-bond donors (Lipinski definition) is 3. The van der Waals surface area contributed by atoms with Gasteiger partial charge in [0.1, 0.15) is 0 Å². The summed E-state index contributed by atoms with van der Waals surface area (Å²) in [5, 5.41) is 20.0. The van der Waals surface area contributed by atoms with Gasteiger partial charge in [0, 0.05) is 43.9 Å². The molecule has 2 aliphatic carbocycles. The first-order valence-electron chi connectivity index (χ1n) is 8.29. The summed E-state index contributed by atoms with van der Waals surface area (Å²) in [6.45, 7) is 2.73. The summed E-state index contributed by atoms with van der Waals surface area (Å²) in [5.41, 5.74) is 2.09. The SMILES string of the molecule is CCc1nn(C)cc1CNC(=O)NC1C2CCC(C2)C1CO. The molecule has 0 aliphatic heterocycles. The molecule has 2 amide bonds. The molecular weight excluding hydrogens is 280 g/mol. The number of amides is 2. The van der Waals surface area contributed by atoms with Crippen LogP contribution in [0, 0.1) is 17.8 Å². The second-order valence-corrected chi connectivity index (χ2v) is 6.66. The zero-order chi connectivity index (χ0) is 15.7. The van der Waals surface area contributed by atoms with Crippen LogP contribution in [0.2, 0.25) is 0 Å². The molecule has 122 valence electrons. The molecule has 2 aliphatic rings. The van der Waals surface area contributed by atoms with E-state index in [2.05, 4.69) is 22.7 Å². The van der Waals surface area contributed by atoms with Crippen molar-refractivity contribution in [2.45, 2.75) is 45.2 Å². The normalized spacial score (nSPS) is 29.8. The summed E-state index contributed by atoms with van der Waals surface area (Å²) in [6.07, 6.45) is 6.34. The minimum absolute atomic E-state index is 0.128. The lowest BCUT2D eigenvalue weighted by atomic mass is 9.85. The molecule has 2 fully saturated rings. The molecule has 1 aromatic rings. The Hall–Kier alpha value is -1.56. The van der Waals surface area contributed by atoms with Gasteiger partial charge in [-0.2, -0.15) is 5.10 Å². The molecule has 1 heterocycles. The van der Waals surface area contributed by atoms with E-state index >= 15 is 0 Å². The summed E-state index contributed by atoms with van der Waals surface area (Å²) in [5.74, 6) is 1.36. The van der Waals surface area contributed by atoms with Gasteiger partial charge >= 0.3 is 6.03 Å². The van der Waals surface area contributed by atoms with Crippen molar-refractivity contribution in [3.05, 3.63) is 17.5 Å². The first-order chi connectivity index (χ1) is 10.6. The molecule has 6 heteroatoms. The molecule has 3 N–H and O–H groups in total. The highest BCUT2D eigenvalue weighted by molar-refractivity contribution is 5.74. The molecule has 3 rings (SSSR count). The predicted molar refractivity (Wildman–Crippen MR) is 83.2 cm³/mol. The Labute approximate surface area is 131 Å². The largest absolute Gasteiger partial charge is 0.396 e. The van der Waals surface area contributed by atoms with Gasteiger partial charge < -0.3 is 15.7 Å². The van der Waals surface area contributed by atoms with Gasteiger partial charge in [0.25, 0.3) is 0 Å². The summed E-state index contributed by atoms with van der Waals surface area (Å²) in [4.78, 5) is 12.2. The van der Waals surface area contributed by atoms with Crippen LogP contribution in [-0.4, -0.2) is 33.6 Å². The lowest BCUT2D eigenvalue weighted by Gasteiger charge is -2.30. The summed E-state index contributed by atoms with van der Waals surface area (Å²) < 4.78 is 1.78. The molecule has 6 nitrogen and oxygen atoms in total. The van der Waals surface area contributed by atoms with E-state index in [4.69, 9.17) is 0 Å². The van der Waals surface area contributed by atoms with Crippen molar-refractivity contribution in [3.8, 4) is 0 Å². The zero-order valence-electron chi connectivity index (χ0n) is 13.4. The molecule has 0 aromatic carbocycles. The highest BCUT2D eigenvalue weighted by atomic mass is 16.3. The van der Waals surface area contributed by atoms with E-state index in [1.54, 1.807) is 4.68 Å². The third-order valence-corrected chi connectivity index (χ3v) is 5.36. The average molecular weight is 306 g/mol. The number of fused-ring (bicyclic) bond motifs is 2. The Morgan fingerprint density at radius 3 is 2.95 bits per heavy atom. The third-order valence-electron chi connectivity index (χ3n) is 5.36. The first-order valence-corrected chi connectivity index (χ1v) is 8.29. The number of hydrogen-bond acceptors (Lipinski definition) is 3. The number of aromatic nitrogens is 2. The van der Waals surface area contributed by atoms with Crippen LogP contribution in [-0.2, 0) is 20.0 Å². The minimum atomic E-state index is -0.137. The molecule has 1 aromatic heterocycles. The van der Waals surface area contributed by atoms with E-state index in [9.17, 15) is 9.90 Å². The second kappa shape index (κ2) is 6.28. The van der Waals surface area contributed by atoms with Crippen molar-refractivity contribution >= 4 is 6.03 Å². The Bertz CT molecular complexity index is 542. The van der Waals surface area contributed by atoms with Crippen LogP contribution in [0.25, 0.3) is 0 Å². The van der Waals surface area contributed by atoms with E-state index in [1.165, 1.54) is 12.8 Å². The van der Waals surface area contributed by atoms with E-state index in [1.807, 2.05) is 13.2 Å². The lowest BCUT2D eigenvalue weighted by Crippen LogP contribution is -2.48. The highest BCUT2D eigenvalue weighted by Gasteiger charge is 2.47. The van der Waals surface area contributed by atoms with Crippen LogP contribution in [0.4, 0.5) is 4.79 Å². The van der Waals surface area contributed by atoms with E-state index < -0.39 is 0 Å². The molecular formula is C16H26N4O2. The lowest BCUT2D eigenvalue weighted by molar-refractivity contribution is 0.144. The first kappa shape index (κ1) is 15.3. The summed E-state index contributed by atoms with van der Waals surface area (Å²) in [7, 11) is 1.89. The fourth-order valence-electron chi connectivity index (χ4n) is 4.30. The topological polar surface area (TPSA) is 79.2 Å². The summed E-state index contributed by atoms with van der Waals surface area (Å²) >= 11 is 0. The molecule has 2 saturated carbocycles. The standard InChI is InChI=1S/C16H26N4O2/c1-3-14-12(8-20(2)19-14)7-17-16(22)18-15-11-5-4-10(6-11)13(15)9-21/h8,10-11,13,15,21H,3-7,9H2,1-2H3,(H2,17,18,22). The van der Waals surface area contributed by atoms with Crippen LogP contribution in [0.15, 0.2) is 6.20 Å². The molecule has 4 atom stereocenters. The maximum atomic E-state index is 12.2. The maximum absolute atomic E-state index is 12.2. The Morgan fingerprint density at radius 2 is 2.23 bits per heavy atom. The number of urea groups is 1. The number of aryl methyl sites for hydroxylation is 2. The van der Waals surface area contributed by atoms with Crippen molar-refractivity contribution in [1.82, 2.24) is 20.4 Å². The number of aliphatic hydroxyl groups excluding tert-OH is 1. The van der Waals surface area contributed by atoms with Crippen molar-refractivity contribution < 1.29 is 9.90 Å². The number of nitrogens with one attached hydrogen (secondary N) is 2. The second-order valence-electron chi connectivity index (χ2n) is 6.66. The van der Waals surface area contributed by atoms with Crippen molar-refractivity contribution in [3.63, 3.8) is 0 Å². The highest BCUT2D eigenvalue weighted by Crippen LogP contribution is 2.48. The molecule has 0 spiro atoms. The number of carbonyl (C=O) groups is 1. The quantitative estimate of drug-likeness (QED) is 0.764. The van der Waals surface area contributed by atoms with Gasteiger partial charge in [-0.3, -0.25) is 4.68 Å². The van der Waals surface area contributed by atoms with Crippen LogP contribution in [0.5, 0.6) is 0 Å². The summed E-state index contributed by atoms with van der Waals surface area (Å²) in [6, 6.07) is -0.00907. The van der Waals surface area contributed by atoms with Gasteiger partial charge in [-0.05, 0) is 37.5 Å². The van der Waals surface area contributed by atoms with Gasteiger partial charge in [0.05, 0.1) is 5.69 Å². The van der Waals surface area contributed by atoms with Crippen LogP contribution in [0.1, 0.15) is 37.4 Å². The molecule has 22 heavy (non-hydrogen) atoms. The zero-order valence-corrected chi connectivity index (χ0v) is 13.4. The molecule has 2 bridgehead atoms. The Morgan fingerprint density at radius 1 is 1.45 bits per heavy atom. The Balaban J connectivity index is 1.54. The van der Waals surface area contributed by atoms with Gasteiger partial charge in [0.15, 0.2) is 0 Å². The number of aliphatic hydroxyl groups is 1. The van der Waals surface area contributed by atoms with Crippen LogP contribution >= 0.6 is 0 Å². The molecule has 0 radical (unpaired) electrons. The molecule has 0 saturated heterocycles. The van der Waals surface area contributed by atoms with E-state index in [-0.39, 0.29) is 24.6 Å². The average Bonchev–Trinajstić information content (AvgIpc) is 3.19. The van der Waals surface area contributed by atoms with Gasteiger partial charge in [-0.1, -0.05) is 6.92 Å². The number of nitrogens with zero attached hydrogens (tertiary/aromatic N) is 2. The molecule has 4 unspecified atom stereocenters. The third kappa shape index (κ3) is 2.84. The fourth-order valence-corrected chi connectivity index (χ4v) is 4.30. The van der Waals surface area contributed by atoms with Gasteiger partial charge in [-0.15, -0.1) is 0 Å².